The lowest BCUT2D eigenvalue weighted by Crippen LogP contribution is -1.97. The normalized spacial score (nSPS) is 10.3. The van der Waals surface area contributed by atoms with E-state index in [1.165, 1.54) is 0 Å². The van der Waals surface area contributed by atoms with Crippen LogP contribution in [0.3, 0.4) is 0 Å². The van der Waals surface area contributed by atoms with Gasteiger partial charge in [0.25, 0.3) is 0 Å². The van der Waals surface area contributed by atoms with Crippen molar-refractivity contribution < 1.29 is 9.47 Å². The van der Waals surface area contributed by atoms with Crippen LogP contribution in [-0.2, 0) is 6.61 Å². The van der Waals surface area contributed by atoms with Crippen molar-refractivity contribution in [2.45, 2.75) is 6.61 Å². The maximum absolute atomic E-state index is 5.85. The summed E-state index contributed by atoms with van der Waals surface area (Å²) in [6, 6.07) is 21.6. The minimum absolute atomic E-state index is 0.384. The summed E-state index contributed by atoms with van der Waals surface area (Å²) in [6.45, 7) is 0.550. The zero-order valence-electron chi connectivity index (χ0n) is 12.9. The highest BCUT2D eigenvalue weighted by molar-refractivity contribution is 5.64. The standard InChI is InChI=1S/C19H18N2O2/c1-22-18-12-11-17(21-19(18)20)15-7-9-16(10-8-15)23-13-14-5-3-2-4-6-14/h2-12H,13H2,1H3,(H2,20,21). The lowest BCUT2D eigenvalue weighted by Gasteiger charge is -2.08. The van der Waals surface area contributed by atoms with E-state index in [4.69, 9.17) is 15.2 Å². The van der Waals surface area contributed by atoms with Crippen LogP contribution >= 0.6 is 0 Å². The molecule has 1 heterocycles. The van der Waals surface area contributed by atoms with Gasteiger partial charge >= 0.3 is 0 Å². The van der Waals surface area contributed by atoms with Gasteiger partial charge in [-0.2, -0.15) is 0 Å². The maximum Gasteiger partial charge on any atom is 0.166 e. The minimum Gasteiger partial charge on any atom is -0.493 e. The number of rotatable bonds is 5. The number of pyridine rings is 1. The molecule has 3 aromatic rings. The predicted molar refractivity (Wildman–Crippen MR) is 91.4 cm³/mol. The molecule has 0 radical (unpaired) electrons. The number of aromatic nitrogens is 1. The number of nitrogens with zero attached hydrogens (tertiary/aromatic N) is 1. The van der Waals surface area contributed by atoms with Crippen LogP contribution in [0.1, 0.15) is 5.56 Å². The summed E-state index contributed by atoms with van der Waals surface area (Å²) in [5.74, 6) is 1.78. The van der Waals surface area contributed by atoms with Crippen molar-refractivity contribution in [3.8, 4) is 22.8 Å². The second-order valence-corrected chi connectivity index (χ2v) is 5.08. The van der Waals surface area contributed by atoms with Gasteiger partial charge in [0.2, 0.25) is 0 Å². The van der Waals surface area contributed by atoms with Crippen LogP contribution < -0.4 is 15.2 Å². The fourth-order valence-electron chi connectivity index (χ4n) is 2.26. The number of methoxy groups -OCH3 is 1. The van der Waals surface area contributed by atoms with Gasteiger partial charge in [0, 0.05) is 5.56 Å². The van der Waals surface area contributed by atoms with Crippen LogP contribution in [0.5, 0.6) is 11.5 Å². The van der Waals surface area contributed by atoms with Crippen LogP contribution in [0.25, 0.3) is 11.3 Å². The molecule has 0 aliphatic heterocycles. The van der Waals surface area contributed by atoms with Crippen LogP contribution in [0.2, 0.25) is 0 Å². The lowest BCUT2D eigenvalue weighted by atomic mass is 10.1. The third-order valence-corrected chi connectivity index (χ3v) is 3.50. The molecule has 0 fully saturated rings. The van der Waals surface area contributed by atoms with Gasteiger partial charge in [0.15, 0.2) is 11.6 Å². The molecule has 1 aromatic heterocycles. The van der Waals surface area contributed by atoms with Crippen molar-refractivity contribution in [3.63, 3.8) is 0 Å². The van der Waals surface area contributed by atoms with Gasteiger partial charge in [-0.15, -0.1) is 0 Å². The van der Waals surface area contributed by atoms with Crippen molar-refractivity contribution in [3.05, 3.63) is 72.3 Å². The summed E-state index contributed by atoms with van der Waals surface area (Å²) in [5, 5.41) is 0. The average molecular weight is 306 g/mol. The Morgan fingerprint density at radius 2 is 1.65 bits per heavy atom. The molecular weight excluding hydrogens is 288 g/mol. The van der Waals surface area contributed by atoms with E-state index in [9.17, 15) is 0 Å². The number of nitrogens with two attached hydrogens (primary N) is 1. The van der Waals surface area contributed by atoms with Crippen molar-refractivity contribution in [2.75, 3.05) is 12.8 Å². The van der Waals surface area contributed by atoms with E-state index in [1.54, 1.807) is 7.11 Å². The molecule has 4 heteroatoms. The molecule has 4 nitrogen and oxygen atoms in total. The first-order chi connectivity index (χ1) is 11.3. The van der Waals surface area contributed by atoms with Crippen molar-refractivity contribution in [2.24, 2.45) is 0 Å². The summed E-state index contributed by atoms with van der Waals surface area (Å²) in [4.78, 5) is 4.35. The van der Waals surface area contributed by atoms with Crippen LogP contribution in [0.4, 0.5) is 5.82 Å². The Labute approximate surface area is 135 Å². The Morgan fingerprint density at radius 3 is 2.30 bits per heavy atom. The number of benzene rings is 2. The first-order valence-electron chi connectivity index (χ1n) is 7.34. The molecule has 0 spiro atoms. The quantitative estimate of drug-likeness (QED) is 0.776. The molecule has 2 N–H and O–H groups in total. The SMILES string of the molecule is COc1ccc(-c2ccc(OCc3ccccc3)cc2)nc1N. The van der Waals surface area contributed by atoms with Gasteiger partial charge in [-0.3, -0.25) is 0 Å². The highest BCUT2D eigenvalue weighted by Crippen LogP contribution is 2.26. The highest BCUT2D eigenvalue weighted by atomic mass is 16.5. The molecule has 0 aliphatic rings. The Kier molecular flexibility index (Phi) is 4.43. The monoisotopic (exact) mass is 306 g/mol. The van der Waals surface area contributed by atoms with Crippen LogP contribution in [-0.4, -0.2) is 12.1 Å². The van der Waals surface area contributed by atoms with Gasteiger partial charge in [0.05, 0.1) is 12.8 Å². The van der Waals surface area contributed by atoms with Crippen LogP contribution in [0.15, 0.2) is 66.7 Å². The molecule has 0 saturated carbocycles. The summed E-state index contributed by atoms with van der Waals surface area (Å²) in [5.41, 5.74) is 8.77. The minimum atomic E-state index is 0.384. The molecule has 116 valence electrons. The smallest absolute Gasteiger partial charge is 0.166 e. The lowest BCUT2D eigenvalue weighted by molar-refractivity contribution is 0.306. The van der Waals surface area contributed by atoms with E-state index < -0.39 is 0 Å². The van der Waals surface area contributed by atoms with Crippen molar-refractivity contribution in [1.29, 1.82) is 0 Å². The summed E-state index contributed by atoms with van der Waals surface area (Å²) >= 11 is 0. The fraction of sp³-hybridized carbons (Fsp3) is 0.105. The summed E-state index contributed by atoms with van der Waals surface area (Å²) < 4.78 is 10.9. The molecular formula is C19H18N2O2. The molecule has 2 aromatic carbocycles. The number of hydrogen-bond donors (Lipinski definition) is 1. The number of nitrogen functional groups attached to an aromatic ring is 1. The Bertz CT molecular complexity index is 771. The third kappa shape index (κ3) is 3.61. The molecule has 0 aliphatic carbocycles. The predicted octanol–water partition coefficient (Wildman–Crippen LogP) is 3.92. The molecule has 0 amide bonds. The molecule has 23 heavy (non-hydrogen) atoms. The molecule has 0 atom stereocenters. The molecule has 0 unspecified atom stereocenters. The zero-order valence-corrected chi connectivity index (χ0v) is 12.9. The topological polar surface area (TPSA) is 57.4 Å². The second-order valence-electron chi connectivity index (χ2n) is 5.08. The van der Waals surface area contributed by atoms with E-state index in [0.29, 0.717) is 18.2 Å². The fourth-order valence-corrected chi connectivity index (χ4v) is 2.26. The molecule has 0 saturated heterocycles. The number of hydrogen-bond acceptors (Lipinski definition) is 4. The Hall–Kier alpha value is -3.01. The summed E-state index contributed by atoms with van der Waals surface area (Å²) in [7, 11) is 1.58. The Balaban J connectivity index is 1.70. The van der Waals surface area contributed by atoms with Crippen molar-refractivity contribution >= 4 is 5.82 Å². The first kappa shape index (κ1) is 14.9. The number of anilines is 1. The van der Waals surface area contributed by atoms with Gasteiger partial charge in [-0.1, -0.05) is 30.3 Å². The van der Waals surface area contributed by atoms with E-state index in [-0.39, 0.29) is 0 Å². The maximum atomic E-state index is 5.85. The average Bonchev–Trinajstić information content (AvgIpc) is 2.61. The van der Waals surface area contributed by atoms with Crippen LogP contribution in [0, 0.1) is 0 Å². The van der Waals surface area contributed by atoms with Gasteiger partial charge in [0.1, 0.15) is 12.4 Å². The molecule has 0 bridgehead atoms. The zero-order chi connectivity index (χ0) is 16.1. The Morgan fingerprint density at radius 1 is 0.913 bits per heavy atom. The van der Waals surface area contributed by atoms with Gasteiger partial charge < -0.3 is 15.2 Å². The van der Waals surface area contributed by atoms with E-state index in [0.717, 1.165) is 22.6 Å². The first-order valence-corrected chi connectivity index (χ1v) is 7.34. The largest absolute Gasteiger partial charge is 0.493 e. The van der Waals surface area contributed by atoms with Gasteiger partial charge in [-0.25, -0.2) is 4.98 Å². The van der Waals surface area contributed by atoms with E-state index in [1.807, 2.05) is 66.7 Å². The molecule has 3 rings (SSSR count). The van der Waals surface area contributed by atoms with E-state index >= 15 is 0 Å². The van der Waals surface area contributed by atoms with Gasteiger partial charge in [-0.05, 0) is 42.0 Å². The highest BCUT2D eigenvalue weighted by Gasteiger charge is 2.05. The number of ether oxygens (including phenoxy) is 2. The summed E-state index contributed by atoms with van der Waals surface area (Å²) in [6.07, 6.45) is 0. The third-order valence-electron chi connectivity index (χ3n) is 3.50. The second kappa shape index (κ2) is 6.83. The van der Waals surface area contributed by atoms with E-state index in [2.05, 4.69) is 4.98 Å². The van der Waals surface area contributed by atoms with Crippen molar-refractivity contribution in [1.82, 2.24) is 4.98 Å².